The molecule has 3 rings (SSSR count). The van der Waals surface area contributed by atoms with Crippen LogP contribution in [0.4, 0.5) is 5.82 Å². The molecular weight excluding hydrogens is 280 g/mol. The zero-order chi connectivity index (χ0) is 15.9. The number of aromatic nitrogens is 3. The van der Waals surface area contributed by atoms with Crippen molar-refractivity contribution in [1.29, 1.82) is 0 Å². The molecule has 22 heavy (non-hydrogen) atoms. The highest BCUT2D eigenvalue weighted by Crippen LogP contribution is 2.38. The molecule has 1 N–H and O–H groups in total. The molecule has 0 radical (unpaired) electrons. The van der Waals surface area contributed by atoms with Gasteiger partial charge in [0.25, 0.3) is 5.91 Å². The topological polar surface area (TPSA) is 73.0 Å². The number of aryl methyl sites for hydroxylation is 2. The van der Waals surface area contributed by atoms with Gasteiger partial charge in [0.15, 0.2) is 11.5 Å². The number of nitrogens with zero attached hydrogens (tertiary/aromatic N) is 3. The smallest absolute Gasteiger partial charge is 0.279 e. The van der Waals surface area contributed by atoms with Gasteiger partial charge in [0, 0.05) is 31.3 Å². The summed E-state index contributed by atoms with van der Waals surface area (Å²) in [4.78, 5) is 12.4. The molecular formula is C16H22N4O2. The van der Waals surface area contributed by atoms with E-state index in [1.165, 1.54) is 0 Å². The Hall–Kier alpha value is -2.11. The first-order chi connectivity index (χ1) is 10.3. The first kappa shape index (κ1) is 14.8. The fourth-order valence-corrected chi connectivity index (χ4v) is 2.98. The third-order valence-corrected chi connectivity index (χ3v) is 4.43. The lowest BCUT2D eigenvalue weighted by Crippen LogP contribution is -2.27. The van der Waals surface area contributed by atoms with Crippen LogP contribution < -0.4 is 5.32 Å². The molecule has 0 fully saturated rings. The number of amides is 1. The fraction of sp³-hybridized carbons (Fsp3) is 0.562. The van der Waals surface area contributed by atoms with Crippen LogP contribution in [0.15, 0.2) is 16.8 Å². The molecule has 0 unspecified atom stereocenters. The lowest BCUT2D eigenvalue weighted by Gasteiger charge is -2.33. The molecule has 1 atom stereocenters. The minimum absolute atomic E-state index is 0.212. The van der Waals surface area contributed by atoms with Crippen LogP contribution in [-0.4, -0.2) is 20.8 Å². The monoisotopic (exact) mass is 302 g/mol. The summed E-state index contributed by atoms with van der Waals surface area (Å²) in [6.07, 6.45) is 4.55. The average molecular weight is 302 g/mol. The van der Waals surface area contributed by atoms with Gasteiger partial charge in [0.2, 0.25) is 0 Å². The van der Waals surface area contributed by atoms with E-state index in [-0.39, 0.29) is 11.3 Å². The van der Waals surface area contributed by atoms with Crippen LogP contribution in [0.5, 0.6) is 0 Å². The van der Waals surface area contributed by atoms with Gasteiger partial charge in [-0.3, -0.25) is 9.48 Å². The lowest BCUT2D eigenvalue weighted by atomic mass is 9.71. The largest absolute Gasteiger partial charge is 0.360 e. The van der Waals surface area contributed by atoms with Crippen molar-refractivity contribution in [3.05, 3.63) is 29.3 Å². The van der Waals surface area contributed by atoms with Crippen molar-refractivity contribution in [1.82, 2.24) is 14.9 Å². The van der Waals surface area contributed by atoms with Crippen LogP contribution in [0, 0.1) is 11.3 Å². The molecule has 0 aliphatic heterocycles. The predicted molar refractivity (Wildman–Crippen MR) is 82.6 cm³/mol. The summed E-state index contributed by atoms with van der Waals surface area (Å²) in [5.41, 5.74) is 1.57. The Kier molecular flexibility index (Phi) is 3.54. The first-order valence-electron chi connectivity index (χ1n) is 7.63. The van der Waals surface area contributed by atoms with Gasteiger partial charge in [-0.1, -0.05) is 25.9 Å². The molecule has 0 aromatic carbocycles. The number of carbonyl (C=O) groups is 1. The second-order valence-electron chi connectivity index (χ2n) is 7.07. The molecule has 1 aliphatic rings. The third-order valence-electron chi connectivity index (χ3n) is 4.43. The molecule has 2 aromatic rings. The van der Waals surface area contributed by atoms with Crippen LogP contribution >= 0.6 is 0 Å². The van der Waals surface area contributed by atoms with Crippen molar-refractivity contribution in [3.8, 4) is 0 Å². The SMILES string of the molecule is Cn1ccc(NC(=O)c2noc3c2C[C@H](C(C)(C)C)CC3)n1. The Morgan fingerprint density at radius 2 is 2.23 bits per heavy atom. The zero-order valence-electron chi connectivity index (χ0n) is 13.5. The summed E-state index contributed by atoms with van der Waals surface area (Å²) in [5.74, 6) is 1.65. The highest BCUT2D eigenvalue weighted by Gasteiger charge is 2.34. The van der Waals surface area contributed by atoms with E-state index in [1.807, 2.05) is 7.05 Å². The summed E-state index contributed by atoms with van der Waals surface area (Å²) in [5, 5.41) is 10.9. The van der Waals surface area contributed by atoms with Gasteiger partial charge in [-0.15, -0.1) is 0 Å². The summed E-state index contributed by atoms with van der Waals surface area (Å²) in [6, 6.07) is 1.75. The number of hydrogen-bond donors (Lipinski definition) is 1. The number of hydrogen-bond acceptors (Lipinski definition) is 4. The van der Waals surface area contributed by atoms with Crippen LogP contribution in [0.1, 0.15) is 49.0 Å². The molecule has 0 saturated heterocycles. The van der Waals surface area contributed by atoms with E-state index in [1.54, 1.807) is 16.9 Å². The van der Waals surface area contributed by atoms with Gasteiger partial charge in [-0.25, -0.2) is 0 Å². The minimum Gasteiger partial charge on any atom is -0.360 e. The van der Waals surface area contributed by atoms with E-state index < -0.39 is 0 Å². The quantitative estimate of drug-likeness (QED) is 0.925. The van der Waals surface area contributed by atoms with Crippen LogP contribution in [0.2, 0.25) is 0 Å². The van der Waals surface area contributed by atoms with Crippen molar-refractivity contribution in [3.63, 3.8) is 0 Å². The number of anilines is 1. The Labute approximate surface area is 129 Å². The van der Waals surface area contributed by atoms with Gasteiger partial charge >= 0.3 is 0 Å². The number of fused-ring (bicyclic) bond motifs is 1. The second-order valence-corrected chi connectivity index (χ2v) is 7.07. The van der Waals surface area contributed by atoms with Crippen LogP contribution in [0.25, 0.3) is 0 Å². The van der Waals surface area contributed by atoms with Crippen molar-refractivity contribution in [2.24, 2.45) is 18.4 Å². The highest BCUT2D eigenvalue weighted by atomic mass is 16.5. The molecule has 1 amide bonds. The van der Waals surface area contributed by atoms with Crippen molar-refractivity contribution >= 4 is 11.7 Å². The Balaban J connectivity index is 1.81. The molecule has 0 spiro atoms. The molecule has 0 bridgehead atoms. The van der Waals surface area contributed by atoms with E-state index in [4.69, 9.17) is 4.52 Å². The van der Waals surface area contributed by atoms with Crippen LogP contribution in [-0.2, 0) is 19.9 Å². The van der Waals surface area contributed by atoms with Crippen molar-refractivity contribution in [2.45, 2.75) is 40.0 Å². The fourth-order valence-electron chi connectivity index (χ4n) is 2.98. The van der Waals surface area contributed by atoms with Gasteiger partial charge < -0.3 is 9.84 Å². The van der Waals surface area contributed by atoms with Crippen LogP contribution in [0.3, 0.4) is 0 Å². The Morgan fingerprint density at radius 1 is 1.45 bits per heavy atom. The maximum atomic E-state index is 12.4. The number of nitrogens with one attached hydrogen (secondary N) is 1. The first-order valence-corrected chi connectivity index (χ1v) is 7.63. The number of rotatable bonds is 2. The van der Waals surface area contributed by atoms with Gasteiger partial charge in [-0.05, 0) is 24.2 Å². The van der Waals surface area contributed by atoms with E-state index in [9.17, 15) is 4.79 Å². The van der Waals surface area contributed by atoms with Gasteiger partial charge in [0.05, 0.1) is 0 Å². The maximum absolute atomic E-state index is 12.4. The standard InChI is InChI=1S/C16H22N4O2/c1-16(2,3)10-5-6-12-11(9-10)14(19-22-12)15(21)17-13-7-8-20(4)18-13/h7-8,10H,5-6,9H2,1-4H3,(H,17,18,21)/t10-/m1/s1. The van der Waals surface area contributed by atoms with E-state index >= 15 is 0 Å². The molecule has 0 saturated carbocycles. The molecule has 6 heteroatoms. The average Bonchev–Trinajstić information content (AvgIpc) is 3.03. The Bertz CT molecular complexity index is 693. The molecule has 2 heterocycles. The van der Waals surface area contributed by atoms with Gasteiger partial charge in [0.1, 0.15) is 5.76 Å². The second kappa shape index (κ2) is 5.26. The zero-order valence-corrected chi connectivity index (χ0v) is 13.5. The molecule has 2 aromatic heterocycles. The Morgan fingerprint density at radius 3 is 2.86 bits per heavy atom. The summed E-state index contributed by atoms with van der Waals surface area (Å²) in [7, 11) is 1.81. The summed E-state index contributed by atoms with van der Waals surface area (Å²) < 4.78 is 7.02. The third kappa shape index (κ3) is 2.77. The predicted octanol–water partition coefficient (Wildman–Crippen LogP) is 2.81. The number of carbonyl (C=O) groups excluding carboxylic acids is 1. The van der Waals surface area contributed by atoms with E-state index in [0.717, 1.165) is 30.6 Å². The van der Waals surface area contributed by atoms with Crippen molar-refractivity contribution < 1.29 is 9.32 Å². The van der Waals surface area contributed by atoms with Gasteiger partial charge in [-0.2, -0.15) is 5.10 Å². The van der Waals surface area contributed by atoms with E-state index in [0.29, 0.717) is 17.4 Å². The summed E-state index contributed by atoms with van der Waals surface area (Å²) >= 11 is 0. The van der Waals surface area contributed by atoms with E-state index in [2.05, 4.69) is 36.3 Å². The molecule has 6 nitrogen and oxygen atoms in total. The highest BCUT2D eigenvalue weighted by molar-refractivity contribution is 6.03. The van der Waals surface area contributed by atoms with Crippen molar-refractivity contribution in [2.75, 3.05) is 5.32 Å². The normalized spacial score (nSPS) is 18.1. The maximum Gasteiger partial charge on any atom is 0.279 e. The minimum atomic E-state index is -0.252. The molecule has 118 valence electrons. The molecule has 1 aliphatic carbocycles. The summed E-state index contributed by atoms with van der Waals surface area (Å²) in [6.45, 7) is 6.72. The lowest BCUT2D eigenvalue weighted by molar-refractivity contribution is 0.101.